The number of methoxy groups -OCH3 is 3. The fourth-order valence-electron chi connectivity index (χ4n) is 3.34. The summed E-state index contributed by atoms with van der Waals surface area (Å²) in [4.78, 5) is 17.9. The Bertz CT molecular complexity index is 1080. The monoisotopic (exact) mass is 396 g/mol. The van der Waals surface area contributed by atoms with E-state index in [1.165, 1.54) is 11.8 Å². The molecule has 0 amide bonds. The highest BCUT2D eigenvalue weighted by Gasteiger charge is 2.21. The van der Waals surface area contributed by atoms with Crippen LogP contribution in [-0.4, -0.2) is 30.9 Å². The molecular weight excluding hydrogens is 376 g/mol. The number of fused-ring (bicyclic) bond motifs is 3. The van der Waals surface area contributed by atoms with Gasteiger partial charge in [0.25, 0.3) is 0 Å². The number of ether oxygens (including phenoxy) is 3. The van der Waals surface area contributed by atoms with E-state index in [1.54, 1.807) is 25.9 Å². The van der Waals surface area contributed by atoms with Gasteiger partial charge >= 0.3 is 5.69 Å². The van der Waals surface area contributed by atoms with Crippen molar-refractivity contribution in [2.24, 2.45) is 0 Å². The van der Waals surface area contributed by atoms with E-state index in [2.05, 4.69) is 4.98 Å². The zero-order valence-electron chi connectivity index (χ0n) is 15.9. The van der Waals surface area contributed by atoms with Crippen molar-refractivity contribution in [3.05, 3.63) is 58.5 Å². The first-order chi connectivity index (χ1) is 13.6. The summed E-state index contributed by atoms with van der Waals surface area (Å²) in [6.07, 6.45) is 0.745. The summed E-state index contributed by atoms with van der Waals surface area (Å²) in [7, 11) is 4.87. The molecule has 0 fully saturated rings. The van der Waals surface area contributed by atoms with E-state index in [-0.39, 0.29) is 5.69 Å². The van der Waals surface area contributed by atoms with Crippen LogP contribution < -0.4 is 19.9 Å². The maximum absolute atomic E-state index is 12.6. The van der Waals surface area contributed by atoms with Gasteiger partial charge in [0.05, 0.1) is 27.0 Å². The third kappa shape index (κ3) is 3.33. The van der Waals surface area contributed by atoms with E-state index in [9.17, 15) is 4.79 Å². The Morgan fingerprint density at radius 1 is 0.964 bits per heavy atom. The summed E-state index contributed by atoms with van der Waals surface area (Å²) >= 11 is 1.45. The van der Waals surface area contributed by atoms with Crippen LogP contribution in [0.15, 0.2) is 57.2 Å². The van der Waals surface area contributed by atoms with E-state index in [1.807, 2.05) is 42.5 Å². The smallest absolute Gasteiger partial charge is 0.349 e. The fourth-order valence-corrected chi connectivity index (χ4v) is 4.15. The molecule has 28 heavy (non-hydrogen) atoms. The Morgan fingerprint density at radius 2 is 1.68 bits per heavy atom. The van der Waals surface area contributed by atoms with Crippen LogP contribution in [0, 0.1) is 0 Å². The summed E-state index contributed by atoms with van der Waals surface area (Å²) in [6.45, 7) is 0.594. The van der Waals surface area contributed by atoms with Crippen LogP contribution in [-0.2, 0) is 13.0 Å². The predicted molar refractivity (Wildman–Crippen MR) is 108 cm³/mol. The molecule has 0 atom stereocenters. The van der Waals surface area contributed by atoms with Crippen LogP contribution >= 0.6 is 11.8 Å². The number of hydrogen-bond acceptors (Lipinski definition) is 6. The number of benzene rings is 2. The molecule has 144 valence electrons. The maximum Gasteiger partial charge on any atom is 0.349 e. The molecule has 0 N–H and O–H groups in total. The van der Waals surface area contributed by atoms with E-state index < -0.39 is 0 Å². The van der Waals surface area contributed by atoms with Gasteiger partial charge in [-0.3, -0.25) is 4.57 Å². The largest absolute Gasteiger partial charge is 0.497 e. The van der Waals surface area contributed by atoms with Crippen molar-refractivity contribution in [1.82, 2.24) is 9.55 Å². The molecule has 2 aromatic carbocycles. The summed E-state index contributed by atoms with van der Waals surface area (Å²) in [5.41, 5.74) is 2.70. The fraction of sp³-hybridized carbons (Fsp3) is 0.238. The molecule has 3 aromatic rings. The van der Waals surface area contributed by atoms with Crippen molar-refractivity contribution in [3.63, 3.8) is 0 Å². The quantitative estimate of drug-likeness (QED) is 0.614. The van der Waals surface area contributed by atoms with E-state index in [0.29, 0.717) is 23.1 Å². The van der Waals surface area contributed by atoms with Crippen molar-refractivity contribution in [3.8, 4) is 28.5 Å². The Labute approximate surface area is 167 Å². The Kier molecular flexibility index (Phi) is 5.00. The van der Waals surface area contributed by atoms with Gasteiger partial charge in [0.1, 0.15) is 10.8 Å². The lowest BCUT2D eigenvalue weighted by molar-refractivity contribution is 0.354. The van der Waals surface area contributed by atoms with E-state index in [0.717, 1.165) is 33.9 Å². The van der Waals surface area contributed by atoms with Crippen molar-refractivity contribution >= 4 is 11.8 Å². The molecule has 4 rings (SSSR count). The van der Waals surface area contributed by atoms with Gasteiger partial charge in [0.2, 0.25) is 0 Å². The molecule has 1 aliphatic rings. The molecule has 1 aromatic heterocycles. The Hall–Kier alpha value is -2.93. The molecule has 1 aliphatic heterocycles. The highest BCUT2D eigenvalue weighted by molar-refractivity contribution is 7.99. The minimum absolute atomic E-state index is 0.242. The number of aromatic nitrogens is 2. The second-order valence-corrected chi connectivity index (χ2v) is 7.40. The zero-order chi connectivity index (χ0) is 19.7. The highest BCUT2D eigenvalue weighted by Crippen LogP contribution is 2.39. The van der Waals surface area contributed by atoms with Crippen molar-refractivity contribution in [1.29, 1.82) is 0 Å². The third-order valence-electron chi connectivity index (χ3n) is 4.76. The van der Waals surface area contributed by atoms with Gasteiger partial charge in [-0.2, -0.15) is 4.98 Å². The molecule has 0 aliphatic carbocycles. The molecule has 0 bridgehead atoms. The lowest BCUT2D eigenvalue weighted by atomic mass is 9.97. The van der Waals surface area contributed by atoms with Crippen LogP contribution in [0.1, 0.15) is 5.56 Å². The lowest BCUT2D eigenvalue weighted by Gasteiger charge is -2.23. The van der Waals surface area contributed by atoms with Crippen molar-refractivity contribution in [2.45, 2.75) is 22.9 Å². The van der Waals surface area contributed by atoms with Gasteiger partial charge in [-0.05, 0) is 54.4 Å². The van der Waals surface area contributed by atoms with Gasteiger partial charge in [0, 0.05) is 17.0 Å². The van der Waals surface area contributed by atoms with Gasteiger partial charge in [-0.1, -0.05) is 11.8 Å². The molecule has 2 heterocycles. The molecular formula is C21H20N2O4S. The number of aryl methyl sites for hydroxylation is 1. The Balaban J connectivity index is 1.77. The molecule has 0 spiro atoms. The zero-order valence-corrected chi connectivity index (χ0v) is 16.7. The average molecular weight is 396 g/mol. The molecule has 0 saturated heterocycles. The van der Waals surface area contributed by atoms with Crippen LogP contribution in [0.3, 0.4) is 0 Å². The molecule has 6 nitrogen and oxygen atoms in total. The molecule has 0 saturated carbocycles. The van der Waals surface area contributed by atoms with Crippen LogP contribution in [0.2, 0.25) is 0 Å². The normalized spacial score (nSPS) is 12.1. The van der Waals surface area contributed by atoms with E-state index >= 15 is 0 Å². The average Bonchev–Trinajstić information content (AvgIpc) is 2.73. The standard InChI is InChI=1S/C21H20N2O4S/c1-25-14-4-6-15(7-5-14)28-20-12-17-16-11-19(27-3)18(26-2)10-13(16)8-9-23(17)21(24)22-20/h4-7,10-12H,8-9H2,1-3H3. The van der Waals surface area contributed by atoms with Gasteiger partial charge in [0.15, 0.2) is 11.5 Å². The second kappa shape index (κ2) is 7.59. The van der Waals surface area contributed by atoms with Crippen molar-refractivity contribution < 1.29 is 14.2 Å². The predicted octanol–water partition coefficient (Wildman–Crippen LogP) is 3.64. The number of nitrogens with zero attached hydrogens (tertiary/aromatic N) is 2. The van der Waals surface area contributed by atoms with Crippen LogP contribution in [0.25, 0.3) is 11.3 Å². The Morgan fingerprint density at radius 3 is 2.36 bits per heavy atom. The minimum atomic E-state index is -0.242. The first kappa shape index (κ1) is 18.4. The van der Waals surface area contributed by atoms with Gasteiger partial charge in [-0.15, -0.1) is 0 Å². The van der Waals surface area contributed by atoms with Crippen molar-refractivity contribution in [2.75, 3.05) is 21.3 Å². The van der Waals surface area contributed by atoms with E-state index in [4.69, 9.17) is 14.2 Å². The summed E-state index contributed by atoms with van der Waals surface area (Å²) < 4.78 is 17.8. The summed E-state index contributed by atoms with van der Waals surface area (Å²) in [5, 5.41) is 0.657. The summed E-state index contributed by atoms with van der Waals surface area (Å²) in [6, 6.07) is 13.5. The SMILES string of the molecule is COc1ccc(Sc2cc3n(c(=O)n2)CCc2cc(OC)c(OC)cc2-3)cc1. The first-order valence-corrected chi connectivity index (χ1v) is 9.63. The lowest BCUT2D eigenvalue weighted by Crippen LogP contribution is -2.28. The number of rotatable bonds is 5. The molecule has 7 heteroatoms. The second-order valence-electron chi connectivity index (χ2n) is 6.31. The highest BCUT2D eigenvalue weighted by atomic mass is 32.2. The number of hydrogen-bond donors (Lipinski definition) is 0. The molecule has 0 unspecified atom stereocenters. The van der Waals surface area contributed by atoms with Crippen LogP contribution in [0.5, 0.6) is 17.2 Å². The minimum Gasteiger partial charge on any atom is -0.497 e. The van der Waals surface area contributed by atoms with Gasteiger partial charge < -0.3 is 14.2 Å². The first-order valence-electron chi connectivity index (χ1n) is 8.82. The topological polar surface area (TPSA) is 62.6 Å². The summed E-state index contributed by atoms with van der Waals surface area (Å²) in [5.74, 6) is 2.13. The molecule has 0 radical (unpaired) electrons. The maximum atomic E-state index is 12.6. The third-order valence-corrected chi connectivity index (χ3v) is 5.69. The van der Waals surface area contributed by atoms with Gasteiger partial charge in [-0.25, -0.2) is 4.79 Å². The van der Waals surface area contributed by atoms with Crippen LogP contribution in [0.4, 0.5) is 0 Å².